The molecule has 4 nitrogen and oxygen atoms in total. The van der Waals surface area contributed by atoms with Crippen LogP contribution in [0.15, 0.2) is 36.7 Å². The lowest BCUT2D eigenvalue weighted by Gasteiger charge is -2.08. The van der Waals surface area contributed by atoms with Gasteiger partial charge < -0.3 is 10.8 Å². The average Bonchev–Trinajstić information content (AvgIpc) is 2.38. The van der Waals surface area contributed by atoms with Gasteiger partial charge in [0, 0.05) is 23.5 Å². The van der Waals surface area contributed by atoms with Crippen LogP contribution in [0, 0.1) is 6.92 Å². The topological polar surface area (TPSA) is 76.2 Å². The summed E-state index contributed by atoms with van der Waals surface area (Å²) in [6, 6.07) is 7.16. The smallest absolute Gasteiger partial charge is 0.248 e. The molecule has 0 fully saturated rings. The van der Waals surface area contributed by atoms with Gasteiger partial charge in [-0.05, 0) is 41.8 Å². The van der Waals surface area contributed by atoms with Crippen molar-refractivity contribution in [2.24, 2.45) is 5.73 Å². The number of aromatic nitrogens is 1. The zero-order valence-electron chi connectivity index (χ0n) is 10.1. The van der Waals surface area contributed by atoms with Gasteiger partial charge in [0.1, 0.15) is 0 Å². The summed E-state index contributed by atoms with van der Waals surface area (Å²) < 4.78 is 0. The van der Waals surface area contributed by atoms with E-state index in [1.54, 1.807) is 24.5 Å². The first-order chi connectivity index (χ1) is 8.61. The summed E-state index contributed by atoms with van der Waals surface area (Å²) in [6.45, 7) is 1.87. The Bertz CT molecular complexity index is 594. The quantitative estimate of drug-likeness (QED) is 0.859. The Morgan fingerprint density at radius 3 is 2.72 bits per heavy atom. The first-order valence-electron chi connectivity index (χ1n) is 5.57. The van der Waals surface area contributed by atoms with E-state index in [-0.39, 0.29) is 6.61 Å². The molecular weight excluding hydrogens is 228 g/mol. The average molecular weight is 242 g/mol. The largest absolute Gasteiger partial charge is 0.392 e. The molecule has 1 aromatic carbocycles. The third-order valence-corrected chi connectivity index (χ3v) is 2.80. The lowest BCUT2D eigenvalue weighted by molar-refractivity contribution is 0.1000. The van der Waals surface area contributed by atoms with Crippen LogP contribution in [0.5, 0.6) is 0 Å². The number of primary amides is 1. The molecule has 18 heavy (non-hydrogen) atoms. The second kappa shape index (κ2) is 4.98. The number of aryl methyl sites for hydroxylation is 1. The summed E-state index contributed by atoms with van der Waals surface area (Å²) in [5, 5.41) is 9.09. The van der Waals surface area contributed by atoms with E-state index in [4.69, 9.17) is 10.8 Å². The number of nitrogens with zero attached hydrogens (tertiary/aromatic N) is 1. The van der Waals surface area contributed by atoms with E-state index < -0.39 is 5.91 Å². The Morgan fingerprint density at radius 1 is 1.33 bits per heavy atom. The lowest BCUT2D eigenvalue weighted by Crippen LogP contribution is -2.10. The van der Waals surface area contributed by atoms with Gasteiger partial charge in [-0.25, -0.2) is 0 Å². The van der Waals surface area contributed by atoms with Crippen LogP contribution in [-0.4, -0.2) is 16.0 Å². The fourth-order valence-corrected chi connectivity index (χ4v) is 1.86. The Labute approximate surface area is 105 Å². The van der Waals surface area contributed by atoms with Crippen molar-refractivity contribution in [3.8, 4) is 11.1 Å². The van der Waals surface area contributed by atoms with Gasteiger partial charge in [-0.15, -0.1) is 0 Å². The highest BCUT2D eigenvalue weighted by Gasteiger charge is 2.06. The lowest BCUT2D eigenvalue weighted by atomic mass is 9.98. The fraction of sp³-hybridized carbons (Fsp3) is 0.143. The van der Waals surface area contributed by atoms with Crippen molar-refractivity contribution < 1.29 is 9.90 Å². The molecule has 0 saturated heterocycles. The van der Waals surface area contributed by atoms with Crippen molar-refractivity contribution in [1.29, 1.82) is 0 Å². The second-order valence-electron chi connectivity index (χ2n) is 4.13. The van der Waals surface area contributed by atoms with Crippen molar-refractivity contribution in [3.05, 3.63) is 53.3 Å². The van der Waals surface area contributed by atoms with Gasteiger partial charge in [0.25, 0.3) is 0 Å². The number of carbonyl (C=O) groups is 1. The number of benzene rings is 1. The zero-order valence-corrected chi connectivity index (χ0v) is 10.1. The molecule has 0 atom stereocenters. The molecule has 92 valence electrons. The molecule has 1 amide bonds. The van der Waals surface area contributed by atoms with Gasteiger partial charge in [-0.3, -0.25) is 9.78 Å². The van der Waals surface area contributed by atoms with Crippen LogP contribution >= 0.6 is 0 Å². The van der Waals surface area contributed by atoms with Gasteiger partial charge in [0.05, 0.1) is 6.61 Å². The third kappa shape index (κ3) is 2.38. The summed E-state index contributed by atoms with van der Waals surface area (Å²) in [6.07, 6.45) is 3.35. The Hall–Kier alpha value is -2.20. The summed E-state index contributed by atoms with van der Waals surface area (Å²) >= 11 is 0. The molecule has 0 bridgehead atoms. The number of rotatable bonds is 3. The molecule has 0 aliphatic carbocycles. The summed E-state index contributed by atoms with van der Waals surface area (Å²) in [5.74, 6) is -0.438. The number of hydrogen-bond donors (Lipinski definition) is 2. The fourth-order valence-electron chi connectivity index (χ4n) is 1.86. The summed E-state index contributed by atoms with van der Waals surface area (Å²) in [7, 11) is 0. The number of aliphatic hydroxyl groups excluding tert-OH is 1. The minimum absolute atomic E-state index is 0.0424. The highest BCUT2D eigenvalue weighted by molar-refractivity contribution is 5.93. The van der Waals surface area contributed by atoms with Crippen LogP contribution in [0.3, 0.4) is 0 Å². The molecule has 0 aliphatic heterocycles. The van der Waals surface area contributed by atoms with E-state index in [0.717, 1.165) is 22.3 Å². The van der Waals surface area contributed by atoms with Gasteiger partial charge in [0.15, 0.2) is 0 Å². The molecule has 2 rings (SSSR count). The van der Waals surface area contributed by atoms with E-state index >= 15 is 0 Å². The van der Waals surface area contributed by atoms with Crippen molar-refractivity contribution in [2.45, 2.75) is 13.5 Å². The third-order valence-electron chi connectivity index (χ3n) is 2.80. The summed E-state index contributed by atoms with van der Waals surface area (Å²) in [5.41, 5.74) is 9.31. The van der Waals surface area contributed by atoms with Gasteiger partial charge in [-0.1, -0.05) is 6.07 Å². The van der Waals surface area contributed by atoms with E-state index in [1.165, 1.54) is 0 Å². The van der Waals surface area contributed by atoms with E-state index in [1.807, 2.05) is 19.1 Å². The van der Waals surface area contributed by atoms with Gasteiger partial charge >= 0.3 is 0 Å². The van der Waals surface area contributed by atoms with E-state index in [0.29, 0.717) is 5.56 Å². The first-order valence-corrected chi connectivity index (χ1v) is 5.57. The molecular formula is C14H14N2O2. The second-order valence-corrected chi connectivity index (χ2v) is 4.13. The Morgan fingerprint density at radius 2 is 2.11 bits per heavy atom. The molecule has 1 aromatic heterocycles. The number of aliphatic hydroxyl groups is 1. The summed E-state index contributed by atoms with van der Waals surface area (Å²) in [4.78, 5) is 15.2. The molecule has 2 aromatic rings. The highest BCUT2D eigenvalue weighted by Crippen LogP contribution is 2.24. The van der Waals surface area contributed by atoms with Crippen LogP contribution in [0.2, 0.25) is 0 Å². The molecule has 0 unspecified atom stereocenters. The Kier molecular flexibility index (Phi) is 3.39. The van der Waals surface area contributed by atoms with Gasteiger partial charge in [0.2, 0.25) is 5.91 Å². The predicted octanol–water partition coefficient (Wildman–Crippen LogP) is 1.65. The van der Waals surface area contributed by atoms with Crippen LogP contribution in [0.1, 0.15) is 21.5 Å². The maximum absolute atomic E-state index is 11.1. The molecule has 0 saturated carbocycles. The molecule has 0 aliphatic rings. The van der Waals surface area contributed by atoms with Crippen LogP contribution in [0.4, 0.5) is 0 Å². The number of carbonyl (C=O) groups excluding carboxylic acids is 1. The molecule has 3 N–H and O–H groups in total. The maximum Gasteiger partial charge on any atom is 0.248 e. The molecule has 0 spiro atoms. The first kappa shape index (κ1) is 12.3. The predicted molar refractivity (Wildman–Crippen MR) is 68.9 cm³/mol. The van der Waals surface area contributed by atoms with Crippen molar-refractivity contribution >= 4 is 5.91 Å². The van der Waals surface area contributed by atoms with Crippen molar-refractivity contribution in [3.63, 3.8) is 0 Å². The van der Waals surface area contributed by atoms with Crippen LogP contribution in [-0.2, 0) is 6.61 Å². The SMILES string of the molecule is Cc1cc(C(N)=O)ccc1-c1cncc(CO)c1. The van der Waals surface area contributed by atoms with Crippen molar-refractivity contribution in [1.82, 2.24) is 4.98 Å². The molecule has 1 heterocycles. The number of pyridine rings is 1. The van der Waals surface area contributed by atoms with E-state index in [9.17, 15) is 4.79 Å². The van der Waals surface area contributed by atoms with Gasteiger partial charge in [-0.2, -0.15) is 0 Å². The minimum atomic E-state index is -0.438. The minimum Gasteiger partial charge on any atom is -0.392 e. The monoisotopic (exact) mass is 242 g/mol. The number of amides is 1. The van der Waals surface area contributed by atoms with E-state index in [2.05, 4.69) is 4.98 Å². The number of hydrogen-bond acceptors (Lipinski definition) is 3. The van der Waals surface area contributed by atoms with Crippen LogP contribution < -0.4 is 5.73 Å². The Balaban J connectivity index is 2.47. The standard InChI is InChI=1S/C14H14N2O2/c1-9-4-11(14(15)18)2-3-13(9)12-5-10(8-17)6-16-7-12/h2-7,17H,8H2,1H3,(H2,15,18). The van der Waals surface area contributed by atoms with Crippen molar-refractivity contribution in [2.75, 3.05) is 0 Å². The van der Waals surface area contributed by atoms with Crippen LogP contribution in [0.25, 0.3) is 11.1 Å². The molecule has 4 heteroatoms. The highest BCUT2D eigenvalue weighted by atomic mass is 16.3. The normalized spacial score (nSPS) is 10.3. The maximum atomic E-state index is 11.1. The number of nitrogens with two attached hydrogens (primary N) is 1. The molecule has 0 radical (unpaired) electrons. The zero-order chi connectivity index (χ0) is 13.1.